The molecule has 0 aliphatic heterocycles. The van der Waals surface area contributed by atoms with Crippen LogP contribution in [-0.2, 0) is 10.0 Å². The van der Waals surface area contributed by atoms with Crippen LogP contribution in [0.1, 0.15) is 0 Å². The second kappa shape index (κ2) is 7.71. The molecule has 0 atom stereocenters. The molecule has 0 saturated carbocycles. The minimum absolute atomic E-state index is 0.545. The molecule has 0 spiro atoms. The van der Waals surface area contributed by atoms with E-state index in [1.165, 1.54) is 6.26 Å². The summed E-state index contributed by atoms with van der Waals surface area (Å²) >= 11 is 0. The maximum atomic E-state index is 12.3. The van der Waals surface area contributed by atoms with Gasteiger partial charge in [0.2, 0.25) is 10.0 Å². The van der Waals surface area contributed by atoms with E-state index < -0.39 is 10.0 Å². The summed E-state index contributed by atoms with van der Waals surface area (Å²) in [7, 11) is -3.50. The quantitative estimate of drug-likeness (QED) is 0.330. The van der Waals surface area contributed by atoms with Crippen molar-refractivity contribution in [3.05, 3.63) is 103 Å². The second-order valence-electron chi connectivity index (χ2n) is 8.37. The molecule has 1 N–H and O–H groups in total. The fourth-order valence-electron chi connectivity index (χ4n) is 4.70. The van der Waals surface area contributed by atoms with Crippen molar-refractivity contribution >= 4 is 48.3 Å². The van der Waals surface area contributed by atoms with Crippen LogP contribution in [0.2, 0.25) is 0 Å². The van der Waals surface area contributed by atoms with Gasteiger partial charge < -0.3 is 0 Å². The van der Waals surface area contributed by atoms with Crippen LogP contribution in [0.4, 0.5) is 5.69 Å². The Kier molecular flexibility index (Phi) is 4.64. The molecular formula is C28H21N3O2S. The zero-order valence-corrected chi connectivity index (χ0v) is 19.3. The van der Waals surface area contributed by atoms with Gasteiger partial charge in [0.25, 0.3) is 0 Å². The number of fused-ring (bicyclic) bond motifs is 3. The molecule has 0 saturated heterocycles. The lowest BCUT2D eigenvalue weighted by Gasteiger charge is -2.20. The number of aromatic nitrogens is 2. The lowest BCUT2D eigenvalue weighted by atomic mass is 9.91. The number of anilines is 1. The first kappa shape index (κ1) is 20.4. The topological polar surface area (TPSA) is 64.0 Å². The highest BCUT2D eigenvalue weighted by Gasteiger charge is 2.20. The van der Waals surface area contributed by atoms with Crippen LogP contribution in [-0.4, -0.2) is 24.2 Å². The average molecular weight is 464 g/mol. The Bertz CT molecular complexity index is 1820. The van der Waals surface area contributed by atoms with Gasteiger partial charge in [-0.1, -0.05) is 72.8 Å². The van der Waals surface area contributed by atoms with Crippen molar-refractivity contribution in [2.75, 3.05) is 11.0 Å². The third-order valence-corrected chi connectivity index (χ3v) is 6.69. The molecule has 166 valence electrons. The highest BCUT2D eigenvalue weighted by molar-refractivity contribution is 7.92. The number of nitrogens with zero attached hydrogens (tertiary/aromatic N) is 2. The molecule has 0 fully saturated rings. The van der Waals surface area contributed by atoms with E-state index in [1.54, 1.807) is 0 Å². The molecule has 1 aromatic heterocycles. The maximum Gasteiger partial charge on any atom is 0.229 e. The summed E-state index contributed by atoms with van der Waals surface area (Å²) in [5.41, 5.74) is 5.15. The zero-order chi connectivity index (χ0) is 23.3. The van der Waals surface area contributed by atoms with Crippen molar-refractivity contribution in [2.45, 2.75) is 0 Å². The van der Waals surface area contributed by atoms with E-state index in [2.05, 4.69) is 38.5 Å². The number of para-hydroxylation sites is 2. The number of sulfonamides is 1. The number of hydrogen-bond donors (Lipinski definition) is 1. The molecule has 0 radical (unpaired) electrons. The summed E-state index contributed by atoms with van der Waals surface area (Å²) in [5, 5.41) is 4.11. The molecule has 6 aromatic rings. The fourth-order valence-corrected chi connectivity index (χ4v) is 5.27. The summed E-state index contributed by atoms with van der Waals surface area (Å²) in [5.74, 6) is 0. The molecule has 6 heteroatoms. The SMILES string of the molecule is CS(=O)(=O)Nc1ccc2ccccc2c1-c1c(-n2cnc3ccccc32)ccc2ccccc12. The molecule has 5 aromatic carbocycles. The van der Waals surface area contributed by atoms with Gasteiger partial charge in [0, 0.05) is 11.1 Å². The van der Waals surface area contributed by atoms with Crippen LogP contribution in [0, 0.1) is 0 Å². The first-order valence-electron chi connectivity index (χ1n) is 10.9. The summed E-state index contributed by atoms with van der Waals surface area (Å²) in [6, 6.07) is 32.2. The lowest BCUT2D eigenvalue weighted by molar-refractivity contribution is 0.607. The van der Waals surface area contributed by atoms with Crippen molar-refractivity contribution < 1.29 is 8.42 Å². The van der Waals surface area contributed by atoms with Gasteiger partial charge in [0.1, 0.15) is 6.33 Å². The van der Waals surface area contributed by atoms with Gasteiger partial charge in [-0.05, 0) is 45.8 Å². The van der Waals surface area contributed by atoms with Crippen molar-refractivity contribution in [3.63, 3.8) is 0 Å². The van der Waals surface area contributed by atoms with Gasteiger partial charge in [0.05, 0.1) is 28.7 Å². The predicted octanol–water partition coefficient (Wildman–Crippen LogP) is 6.37. The van der Waals surface area contributed by atoms with Crippen molar-refractivity contribution in [3.8, 4) is 16.8 Å². The van der Waals surface area contributed by atoms with Gasteiger partial charge >= 0.3 is 0 Å². The summed E-state index contributed by atoms with van der Waals surface area (Å²) in [4.78, 5) is 4.61. The van der Waals surface area contributed by atoms with E-state index in [1.807, 2.05) is 79.1 Å². The van der Waals surface area contributed by atoms with Gasteiger partial charge in [-0.15, -0.1) is 0 Å². The van der Waals surface area contributed by atoms with Crippen LogP contribution < -0.4 is 4.72 Å². The molecule has 34 heavy (non-hydrogen) atoms. The van der Waals surface area contributed by atoms with E-state index in [4.69, 9.17) is 0 Å². The van der Waals surface area contributed by atoms with E-state index >= 15 is 0 Å². The average Bonchev–Trinajstić information content (AvgIpc) is 3.27. The van der Waals surface area contributed by atoms with Gasteiger partial charge in [-0.2, -0.15) is 0 Å². The molecule has 5 nitrogen and oxygen atoms in total. The Morgan fingerprint density at radius 2 is 1.32 bits per heavy atom. The van der Waals surface area contributed by atoms with E-state index in [0.29, 0.717) is 5.69 Å². The highest BCUT2D eigenvalue weighted by atomic mass is 32.2. The number of hydrogen-bond acceptors (Lipinski definition) is 3. The number of benzene rings is 5. The van der Waals surface area contributed by atoms with Crippen LogP contribution in [0.25, 0.3) is 49.4 Å². The number of nitrogens with one attached hydrogen (secondary N) is 1. The zero-order valence-electron chi connectivity index (χ0n) is 18.4. The Morgan fingerprint density at radius 3 is 2.06 bits per heavy atom. The minimum atomic E-state index is -3.50. The Hall–Kier alpha value is -4.16. The van der Waals surface area contributed by atoms with Crippen LogP contribution >= 0.6 is 0 Å². The van der Waals surface area contributed by atoms with E-state index in [-0.39, 0.29) is 0 Å². The van der Waals surface area contributed by atoms with Crippen molar-refractivity contribution in [1.82, 2.24) is 9.55 Å². The van der Waals surface area contributed by atoms with Crippen LogP contribution in [0.3, 0.4) is 0 Å². The lowest BCUT2D eigenvalue weighted by Crippen LogP contribution is -2.11. The minimum Gasteiger partial charge on any atom is -0.298 e. The van der Waals surface area contributed by atoms with Crippen LogP contribution in [0.5, 0.6) is 0 Å². The highest BCUT2D eigenvalue weighted by Crippen LogP contribution is 2.43. The molecular weight excluding hydrogens is 442 g/mol. The molecule has 0 unspecified atom stereocenters. The molecule has 0 amide bonds. The first-order valence-corrected chi connectivity index (χ1v) is 12.8. The van der Waals surface area contributed by atoms with Crippen LogP contribution in [0.15, 0.2) is 103 Å². The fraction of sp³-hybridized carbons (Fsp3) is 0.0357. The third-order valence-electron chi connectivity index (χ3n) is 6.09. The predicted molar refractivity (Wildman–Crippen MR) is 140 cm³/mol. The molecule has 0 aliphatic carbocycles. The maximum absolute atomic E-state index is 12.3. The first-order chi connectivity index (χ1) is 16.5. The molecule has 1 heterocycles. The van der Waals surface area contributed by atoms with Crippen molar-refractivity contribution in [1.29, 1.82) is 0 Å². The molecule has 6 rings (SSSR count). The summed E-state index contributed by atoms with van der Waals surface area (Å²) in [6.45, 7) is 0. The second-order valence-corrected chi connectivity index (χ2v) is 10.1. The van der Waals surface area contributed by atoms with Gasteiger partial charge in [-0.25, -0.2) is 13.4 Å². The van der Waals surface area contributed by atoms with Crippen molar-refractivity contribution in [2.24, 2.45) is 0 Å². The monoisotopic (exact) mass is 463 g/mol. The standard InChI is InChI=1S/C28H21N3O2S/c1-34(32,33)30-24-16-14-19-8-2-4-10-21(19)27(24)28-22-11-5-3-9-20(22)15-17-26(28)31-18-29-23-12-6-7-13-25(23)31/h2-18,30H,1H3. The van der Waals surface area contributed by atoms with Gasteiger partial charge in [-0.3, -0.25) is 9.29 Å². The Labute approximate surface area is 197 Å². The Balaban J connectivity index is 1.80. The summed E-state index contributed by atoms with van der Waals surface area (Å²) < 4.78 is 29.5. The normalized spacial score (nSPS) is 11.9. The number of rotatable bonds is 4. The number of imidazole rings is 1. The van der Waals surface area contributed by atoms with Gasteiger partial charge in [0.15, 0.2) is 0 Å². The molecule has 0 aliphatic rings. The molecule has 0 bridgehead atoms. The van der Waals surface area contributed by atoms with E-state index in [0.717, 1.165) is 49.4 Å². The summed E-state index contributed by atoms with van der Waals surface area (Å²) in [6.07, 6.45) is 3.01. The Morgan fingerprint density at radius 1 is 0.706 bits per heavy atom. The van der Waals surface area contributed by atoms with E-state index in [9.17, 15) is 8.42 Å². The third kappa shape index (κ3) is 3.40. The largest absolute Gasteiger partial charge is 0.298 e. The smallest absolute Gasteiger partial charge is 0.229 e.